The molecule has 0 radical (unpaired) electrons. The van der Waals surface area contributed by atoms with Gasteiger partial charge in [0.25, 0.3) is 0 Å². The van der Waals surface area contributed by atoms with E-state index in [4.69, 9.17) is 11.6 Å². The average Bonchev–Trinajstić information content (AvgIpc) is 2.38. The van der Waals surface area contributed by atoms with Crippen LogP contribution in [-0.4, -0.2) is 32.9 Å². The normalized spacial score (nSPS) is 15.7. The molecule has 1 aromatic carbocycles. The number of hydrogen-bond acceptors (Lipinski definition) is 3. The first-order chi connectivity index (χ1) is 8.26. The van der Waals surface area contributed by atoms with Crippen molar-refractivity contribution < 1.29 is 0 Å². The molecule has 1 N–H and O–H groups in total. The number of rotatable bonds is 3. The molecule has 0 unspecified atom stereocenters. The maximum atomic E-state index is 6.12. The Morgan fingerprint density at radius 3 is 2.65 bits per heavy atom. The third-order valence-electron chi connectivity index (χ3n) is 2.92. The van der Waals surface area contributed by atoms with E-state index in [1.54, 1.807) is 6.08 Å². The van der Waals surface area contributed by atoms with Crippen molar-refractivity contribution >= 4 is 35.8 Å². The summed E-state index contributed by atoms with van der Waals surface area (Å²) in [6.45, 7) is 11.3. The zero-order valence-electron chi connectivity index (χ0n) is 9.75. The van der Waals surface area contributed by atoms with Gasteiger partial charge in [-0.1, -0.05) is 24.3 Å². The zero-order chi connectivity index (χ0) is 12.3. The number of anilines is 1. The van der Waals surface area contributed by atoms with Crippen LogP contribution in [0.4, 0.5) is 11.4 Å². The van der Waals surface area contributed by atoms with Gasteiger partial charge in [0.15, 0.2) is 0 Å². The summed E-state index contributed by atoms with van der Waals surface area (Å²) in [5.74, 6) is 0. The minimum absolute atomic E-state index is 0.709. The van der Waals surface area contributed by atoms with Gasteiger partial charge >= 0.3 is 0 Å². The fourth-order valence-corrected chi connectivity index (χ4v) is 2.30. The summed E-state index contributed by atoms with van der Waals surface area (Å²) in [7, 11) is 0. The predicted octanol–water partition coefficient (Wildman–Crippen LogP) is 2.72. The van der Waals surface area contributed by atoms with Gasteiger partial charge in [-0.05, 0) is 18.9 Å². The SMILES string of the molecule is C=Cc1cc(Cl)cc(N2CCNCC2)c1N=C. The second-order valence-corrected chi connectivity index (χ2v) is 4.40. The summed E-state index contributed by atoms with van der Waals surface area (Å²) >= 11 is 6.12. The van der Waals surface area contributed by atoms with E-state index < -0.39 is 0 Å². The number of piperazine rings is 1. The molecule has 1 fully saturated rings. The molecular weight excluding hydrogens is 234 g/mol. The monoisotopic (exact) mass is 249 g/mol. The van der Waals surface area contributed by atoms with Gasteiger partial charge in [0.2, 0.25) is 0 Å². The third-order valence-corrected chi connectivity index (χ3v) is 3.14. The molecule has 0 aliphatic carbocycles. The van der Waals surface area contributed by atoms with E-state index in [1.165, 1.54) is 0 Å². The van der Waals surface area contributed by atoms with E-state index in [1.807, 2.05) is 12.1 Å². The van der Waals surface area contributed by atoms with Crippen molar-refractivity contribution in [2.24, 2.45) is 4.99 Å². The highest BCUT2D eigenvalue weighted by Gasteiger charge is 2.16. The fourth-order valence-electron chi connectivity index (χ4n) is 2.08. The number of benzene rings is 1. The highest BCUT2D eigenvalue weighted by molar-refractivity contribution is 6.31. The molecule has 90 valence electrons. The molecular formula is C13H16ClN3. The largest absolute Gasteiger partial charge is 0.367 e. The van der Waals surface area contributed by atoms with Crippen LogP contribution in [0.15, 0.2) is 23.7 Å². The van der Waals surface area contributed by atoms with Gasteiger partial charge in [0.05, 0.1) is 11.4 Å². The molecule has 1 aromatic rings. The van der Waals surface area contributed by atoms with Crippen LogP contribution in [0, 0.1) is 0 Å². The molecule has 0 aromatic heterocycles. The Morgan fingerprint density at radius 1 is 1.35 bits per heavy atom. The van der Waals surface area contributed by atoms with Gasteiger partial charge in [-0.2, -0.15) is 0 Å². The predicted molar refractivity (Wildman–Crippen MR) is 75.8 cm³/mol. The number of nitrogens with one attached hydrogen (secondary N) is 1. The maximum Gasteiger partial charge on any atom is 0.0928 e. The van der Waals surface area contributed by atoms with Crippen molar-refractivity contribution in [1.29, 1.82) is 0 Å². The summed E-state index contributed by atoms with van der Waals surface area (Å²) in [5, 5.41) is 4.03. The molecule has 0 saturated carbocycles. The lowest BCUT2D eigenvalue weighted by Gasteiger charge is -2.31. The molecule has 17 heavy (non-hydrogen) atoms. The lowest BCUT2D eigenvalue weighted by Crippen LogP contribution is -2.43. The van der Waals surface area contributed by atoms with Crippen LogP contribution >= 0.6 is 11.6 Å². The van der Waals surface area contributed by atoms with Gasteiger partial charge < -0.3 is 10.2 Å². The summed E-state index contributed by atoms with van der Waals surface area (Å²) in [4.78, 5) is 6.39. The van der Waals surface area contributed by atoms with Gasteiger partial charge in [-0.3, -0.25) is 4.99 Å². The van der Waals surface area contributed by atoms with E-state index in [2.05, 4.69) is 28.5 Å². The second-order valence-electron chi connectivity index (χ2n) is 3.96. The Balaban J connectivity index is 2.46. The zero-order valence-corrected chi connectivity index (χ0v) is 10.5. The van der Waals surface area contributed by atoms with Crippen LogP contribution < -0.4 is 10.2 Å². The number of nitrogens with zero attached hydrogens (tertiary/aromatic N) is 2. The first-order valence-electron chi connectivity index (χ1n) is 5.64. The number of hydrogen-bond donors (Lipinski definition) is 1. The first kappa shape index (κ1) is 12.1. The molecule has 3 nitrogen and oxygen atoms in total. The summed E-state index contributed by atoms with van der Waals surface area (Å²) in [6, 6.07) is 3.81. The van der Waals surface area contributed by atoms with Crippen LogP contribution in [0.3, 0.4) is 0 Å². The molecule has 1 heterocycles. The summed E-state index contributed by atoms with van der Waals surface area (Å²) < 4.78 is 0. The van der Waals surface area contributed by atoms with E-state index in [9.17, 15) is 0 Å². The molecule has 0 spiro atoms. The first-order valence-corrected chi connectivity index (χ1v) is 6.02. The quantitative estimate of drug-likeness (QED) is 0.835. The molecule has 2 rings (SSSR count). The van der Waals surface area contributed by atoms with Crippen molar-refractivity contribution in [3.05, 3.63) is 29.3 Å². The molecule has 0 atom stereocenters. The van der Waals surface area contributed by atoms with E-state index >= 15 is 0 Å². The standard InChI is InChI=1S/C13H16ClN3/c1-3-10-8-11(14)9-12(13(10)15-2)17-6-4-16-5-7-17/h3,8-9,16H,1-2,4-7H2. The van der Waals surface area contributed by atoms with Crippen molar-refractivity contribution in [2.75, 3.05) is 31.1 Å². The fraction of sp³-hybridized carbons (Fsp3) is 0.308. The van der Waals surface area contributed by atoms with Crippen molar-refractivity contribution in [1.82, 2.24) is 5.32 Å². The second kappa shape index (κ2) is 5.34. The smallest absolute Gasteiger partial charge is 0.0928 e. The van der Waals surface area contributed by atoms with Crippen molar-refractivity contribution in [2.45, 2.75) is 0 Å². The van der Waals surface area contributed by atoms with Gasteiger partial charge in [-0.25, -0.2) is 0 Å². The Morgan fingerprint density at radius 2 is 2.06 bits per heavy atom. The lowest BCUT2D eigenvalue weighted by atomic mass is 10.1. The molecule has 0 bridgehead atoms. The molecule has 1 aliphatic heterocycles. The minimum atomic E-state index is 0.709. The van der Waals surface area contributed by atoms with E-state index in [-0.39, 0.29) is 0 Å². The lowest BCUT2D eigenvalue weighted by molar-refractivity contribution is 0.589. The molecule has 1 aliphatic rings. The Kier molecular flexibility index (Phi) is 3.82. The number of halogens is 1. The van der Waals surface area contributed by atoms with Crippen LogP contribution in [-0.2, 0) is 0 Å². The minimum Gasteiger partial charge on any atom is -0.367 e. The van der Waals surface area contributed by atoms with E-state index in [0.717, 1.165) is 43.1 Å². The maximum absolute atomic E-state index is 6.12. The number of aliphatic imine (C=N–C) groups is 1. The van der Waals surface area contributed by atoms with Crippen LogP contribution in [0.2, 0.25) is 5.02 Å². The van der Waals surface area contributed by atoms with Crippen LogP contribution in [0.5, 0.6) is 0 Å². The van der Waals surface area contributed by atoms with Crippen LogP contribution in [0.1, 0.15) is 5.56 Å². The third kappa shape index (κ3) is 2.51. The molecule has 0 amide bonds. The Hall–Kier alpha value is -1.32. The van der Waals surface area contributed by atoms with Crippen molar-refractivity contribution in [3.63, 3.8) is 0 Å². The molecule has 1 saturated heterocycles. The van der Waals surface area contributed by atoms with Gasteiger partial charge in [0, 0.05) is 36.8 Å². The van der Waals surface area contributed by atoms with Gasteiger partial charge in [0.1, 0.15) is 0 Å². The highest BCUT2D eigenvalue weighted by Crippen LogP contribution is 2.36. The van der Waals surface area contributed by atoms with E-state index in [0.29, 0.717) is 5.02 Å². The average molecular weight is 250 g/mol. The van der Waals surface area contributed by atoms with Crippen molar-refractivity contribution in [3.8, 4) is 0 Å². The Labute approximate surface area is 107 Å². The highest BCUT2D eigenvalue weighted by atomic mass is 35.5. The molecule has 4 heteroatoms. The Bertz CT molecular complexity index is 437. The van der Waals surface area contributed by atoms with Gasteiger partial charge in [-0.15, -0.1) is 0 Å². The topological polar surface area (TPSA) is 27.6 Å². The van der Waals surface area contributed by atoms with Crippen LogP contribution in [0.25, 0.3) is 6.08 Å². The summed E-state index contributed by atoms with van der Waals surface area (Å²) in [5.41, 5.74) is 2.84. The summed E-state index contributed by atoms with van der Waals surface area (Å²) in [6.07, 6.45) is 1.77.